The number of aromatic nitrogens is 2. The Kier molecular flexibility index (Phi) is 8.39. The number of hydrogen-bond acceptors (Lipinski definition) is 9. The van der Waals surface area contributed by atoms with Gasteiger partial charge in [0.1, 0.15) is 17.9 Å². The number of hydrogen-bond donors (Lipinski definition) is 2. The molecule has 1 amide bonds. The summed E-state index contributed by atoms with van der Waals surface area (Å²) in [5.74, 6) is 1.58. The van der Waals surface area contributed by atoms with Gasteiger partial charge < -0.3 is 25.2 Å². The summed E-state index contributed by atoms with van der Waals surface area (Å²) in [6.45, 7) is 11.0. The van der Waals surface area contributed by atoms with Crippen molar-refractivity contribution in [2.75, 3.05) is 67.0 Å². The molecule has 2 aliphatic heterocycles. The molecule has 4 aromatic rings. The fourth-order valence-electron chi connectivity index (χ4n) is 5.88. The monoisotopic (exact) mass is 579 g/mol. The molecule has 2 fully saturated rings. The molecule has 0 aliphatic carbocycles. The van der Waals surface area contributed by atoms with Crippen LogP contribution in [0.4, 0.5) is 28.7 Å². The van der Waals surface area contributed by atoms with Gasteiger partial charge in [0.05, 0.1) is 36.8 Å². The Labute approximate surface area is 251 Å². The second-order valence-corrected chi connectivity index (χ2v) is 10.6. The molecule has 0 spiro atoms. The molecule has 1 unspecified atom stereocenters. The van der Waals surface area contributed by atoms with Crippen LogP contribution in [-0.4, -0.2) is 67.2 Å². The standard InChI is InChI=1S/C33H37N7O3/c1-4-33(41)37-26-19-27(30(42-3)20-29(26)39-16-14-38(5-2)15-17-39)36-31-21-32(35-22-34-31)40-28(13-18-43-40)25-12-8-10-23-9-6-7-11-24(23)25/h4,6-12,19-22,28H,1,5,13-18H2,2-3H3,(H,37,41)(H,34,35,36). The molecule has 222 valence electrons. The van der Waals surface area contributed by atoms with Crippen LogP contribution in [0.1, 0.15) is 24.9 Å². The van der Waals surface area contributed by atoms with Gasteiger partial charge in [-0.15, -0.1) is 0 Å². The Morgan fingerprint density at radius 2 is 1.88 bits per heavy atom. The first kappa shape index (κ1) is 28.4. The highest BCUT2D eigenvalue weighted by molar-refractivity contribution is 6.02. The lowest BCUT2D eigenvalue weighted by molar-refractivity contribution is -0.111. The van der Waals surface area contributed by atoms with Crippen LogP contribution in [-0.2, 0) is 9.63 Å². The van der Waals surface area contributed by atoms with Crippen molar-refractivity contribution in [2.45, 2.75) is 19.4 Å². The van der Waals surface area contributed by atoms with Gasteiger partial charge in [-0.1, -0.05) is 56.0 Å². The van der Waals surface area contributed by atoms with Crippen molar-refractivity contribution in [1.29, 1.82) is 0 Å². The number of anilines is 5. The van der Waals surface area contributed by atoms with E-state index in [0.717, 1.165) is 44.8 Å². The van der Waals surface area contributed by atoms with Crippen LogP contribution in [0.3, 0.4) is 0 Å². The number of rotatable bonds is 9. The maximum atomic E-state index is 12.4. The predicted octanol–water partition coefficient (Wildman–Crippen LogP) is 5.53. The molecule has 43 heavy (non-hydrogen) atoms. The number of nitrogens with one attached hydrogen (secondary N) is 2. The minimum Gasteiger partial charge on any atom is -0.494 e. The highest BCUT2D eigenvalue weighted by Gasteiger charge is 2.30. The van der Waals surface area contributed by atoms with Gasteiger partial charge in [-0.3, -0.25) is 9.63 Å². The first-order chi connectivity index (χ1) is 21.1. The normalized spacial score (nSPS) is 17.2. The minimum atomic E-state index is -0.278. The van der Waals surface area contributed by atoms with E-state index in [2.05, 4.69) is 86.4 Å². The average molecular weight is 580 g/mol. The Bertz CT molecular complexity index is 1610. The van der Waals surface area contributed by atoms with E-state index in [-0.39, 0.29) is 11.9 Å². The average Bonchev–Trinajstić information content (AvgIpc) is 3.55. The number of amides is 1. The summed E-state index contributed by atoms with van der Waals surface area (Å²) in [5, 5.41) is 10.6. The van der Waals surface area contributed by atoms with Gasteiger partial charge in [0.25, 0.3) is 0 Å². The summed E-state index contributed by atoms with van der Waals surface area (Å²) in [5.41, 5.74) is 3.44. The molecule has 0 saturated carbocycles. The largest absolute Gasteiger partial charge is 0.494 e. The molecule has 0 radical (unpaired) electrons. The predicted molar refractivity (Wildman–Crippen MR) is 171 cm³/mol. The number of benzene rings is 3. The number of ether oxygens (including phenoxy) is 1. The van der Waals surface area contributed by atoms with Crippen LogP contribution < -0.4 is 25.3 Å². The van der Waals surface area contributed by atoms with Crippen molar-refractivity contribution >= 4 is 45.4 Å². The van der Waals surface area contributed by atoms with Gasteiger partial charge in [0.2, 0.25) is 5.91 Å². The lowest BCUT2D eigenvalue weighted by atomic mass is 9.97. The van der Waals surface area contributed by atoms with E-state index in [9.17, 15) is 4.79 Å². The maximum absolute atomic E-state index is 12.4. The number of hydroxylamine groups is 1. The van der Waals surface area contributed by atoms with E-state index >= 15 is 0 Å². The number of carbonyl (C=O) groups is 1. The summed E-state index contributed by atoms with van der Waals surface area (Å²) in [6.07, 6.45) is 3.64. The summed E-state index contributed by atoms with van der Waals surface area (Å²) >= 11 is 0. The van der Waals surface area contributed by atoms with Crippen molar-refractivity contribution in [3.8, 4) is 5.75 Å². The summed E-state index contributed by atoms with van der Waals surface area (Å²) < 4.78 is 5.81. The van der Waals surface area contributed by atoms with E-state index in [4.69, 9.17) is 9.57 Å². The molecule has 10 heteroatoms. The number of nitrogens with zero attached hydrogens (tertiary/aromatic N) is 5. The lowest BCUT2D eigenvalue weighted by Crippen LogP contribution is -2.46. The van der Waals surface area contributed by atoms with Crippen LogP contribution in [0.5, 0.6) is 5.75 Å². The van der Waals surface area contributed by atoms with Crippen molar-refractivity contribution in [1.82, 2.24) is 14.9 Å². The smallest absolute Gasteiger partial charge is 0.247 e. The van der Waals surface area contributed by atoms with Crippen LogP contribution in [0.2, 0.25) is 0 Å². The van der Waals surface area contributed by atoms with E-state index in [0.29, 0.717) is 35.4 Å². The third kappa shape index (κ3) is 5.97. The molecule has 3 aromatic carbocycles. The number of likely N-dealkylation sites (N-methyl/N-ethyl adjacent to an activating group) is 1. The lowest BCUT2D eigenvalue weighted by Gasteiger charge is -2.36. The third-order valence-electron chi connectivity index (χ3n) is 8.15. The molecule has 3 heterocycles. The zero-order valence-electron chi connectivity index (χ0n) is 24.6. The zero-order chi connectivity index (χ0) is 29.8. The molecule has 10 nitrogen and oxygen atoms in total. The van der Waals surface area contributed by atoms with E-state index < -0.39 is 0 Å². The second kappa shape index (κ2) is 12.7. The van der Waals surface area contributed by atoms with Gasteiger partial charge in [-0.05, 0) is 35.0 Å². The highest BCUT2D eigenvalue weighted by Crippen LogP contribution is 2.40. The van der Waals surface area contributed by atoms with Crippen LogP contribution in [0, 0.1) is 0 Å². The fourth-order valence-corrected chi connectivity index (χ4v) is 5.88. The highest BCUT2D eigenvalue weighted by atomic mass is 16.7. The molecule has 2 aliphatic rings. The molecular weight excluding hydrogens is 542 g/mol. The zero-order valence-corrected chi connectivity index (χ0v) is 24.6. The SMILES string of the molecule is C=CC(=O)Nc1cc(Nc2cc(N3OCCC3c3cccc4ccccc34)ncn2)c(OC)cc1N1CCN(CC)CC1. The first-order valence-corrected chi connectivity index (χ1v) is 14.7. The van der Waals surface area contributed by atoms with Crippen LogP contribution in [0.15, 0.2) is 79.6 Å². The Hall–Kier alpha value is -4.67. The molecule has 1 atom stereocenters. The summed E-state index contributed by atoms with van der Waals surface area (Å²) in [6, 6.07) is 20.5. The van der Waals surface area contributed by atoms with Gasteiger partial charge in [-0.2, -0.15) is 0 Å². The van der Waals surface area contributed by atoms with Crippen LogP contribution >= 0.6 is 0 Å². The summed E-state index contributed by atoms with van der Waals surface area (Å²) in [7, 11) is 1.64. The van der Waals surface area contributed by atoms with Crippen molar-refractivity contribution in [2.24, 2.45) is 0 Å². The minimum absolute atomic E-state index is 0.0107. The Balaban J connectivity index is 1.30. The van der Waals surface area contributed by atoms with Crippen molar-refractivity contribution in [3.63, 3.8) is 0 Å². The van der Waals surface area contributed by atoms with Gasteiger partial charge in [0, 0.05) is 44.7 Å². The topological polar surface area (TPSA) is 95.1 Å². The Morgan fingerprint density at radius 1 is 1.07 bits per heavy atom. The molecule has 6 rings (SSSR count). The summed E-state index contributed by atoms with van der Waals surface area (Å²) in [4.78, 5) is 32.2. The third-order valence-corrected chi connectivity index (χ3v) is 8.15. The van der Waals surface area contributed by atoms with Crippen molar-refractivity contribution < 1.29 is 14.4 Å². The molecular formula is C33H37N7O3. The quantitative estimate of drug-likeness (QED) is 0.248. The molecule has 2 N–H and O–H groups in total. The molecule has 1 aromatic heterocycles. The molecule has 0 bridgehead atoms. The number of fused-ring (bicyclic) bond motifs is 1. The fraction of sp³-hybridized carbons (Fsp3) is 0.303. The van der Waals surface area contributed by atoms with Crippen molar-refractivity contribution in [3.05, 3.63) is 85.2 Å². The van der Waals surface area contributed by atoms with E-state index in [1.807, 2.05) is 23.3 Å². The molecule has 2 saturated heterocycles. The van der Waals surface area contributed by atoms with Crippen LogP contribution in [0.25, 0.3) is 10.8 Å². The second-order valence-electron chi connectivity index (χ2n) is 10.6. The maximum Gasteiger partial charge on any atom is 0.247 e. The van der Waals surface area contributed by atoms with E-state index in [1.54, 1.807) is 7.11 Å². The number of methoxy groups -OCH3 is 1. The van der Waals surface area contributed by atoms with E-state index in [1.165, 1.54) is 28.7 Å². The number of carbonyl (C=O) groups excluding carboxylic acids is 1. The number of piperazine rings is 1. The Morgan fingerprint density at radius 3 is 2.67 bits per heavy atom. The first-order valence-electron chi connectivity index (χ1n) is 14.7. The van der Waals surface area contributed by atoms with Gasteiger partial charge in [-0.25, -0.2) is 15.0 Å². The van der Waals surface area contributed by atoms with Gasteiger partial charge in [0.15, 0.2) is 5.82 Å². The van der Waals surface area contributed by atoms with Gasteiger partial charge >= 0.3 is 0 Å².